The summed E-state index contributed by atoms with van der Waals surface area (Å²) in [6, 6.07) is 10.9. The quantitative estimate of drug-likeness (QED) is 0.356. The predicted molar refractivity (Wildman–Crippen MR) is 154 cm³/mol. The van der Waals surface area contributed by atoms with Crippen LogP contribution in [0, 0.1) is 5.41 Å². The number of pyridine rings is 1. The van der Waals surface area contributed by atoms with Gasteiger partial charge in [-0.25, -0.2) is 0 Å². The predicted octanol–water partition coefficient (Wildman–Crippen LogP) is 1.56. The molecule has 0 saturated carbocycles. The van der Waals surface area contributed by atoms with E-state index in [0.29, 0.717) is 6.54 Å². The third kappa shape index (κ3) is 8.95. The molecule has 0 radical (unpaired) electrons. The number of rotatable bonds is 12. The molecule has 4 amide bonds. The van der Waals surface area contributed by atoms with E-state index in [1.165, 1.54) is 16.0 Å². The molecule has 3 rings (SSSR count). The highest BCUT2D eigenvalue weighted by molar-refractivity contribution is 5.94. The van der Waals surface area contributed by atoms with Crippen LogP contribution in [0.15, 0.2) is 67.3 Å². The van der Waals surface area contributed by atoms with Crippen LogP contribution in [0.5, 0.6) is 0 Å². The Morgan fingerprint density at radius 2 is 1.68 bits per heavy atom. The van der Waals surface area contributed by atoms with Gasteiger partial charge in [-0.1, -0.05) is 51.1 Å². The molecule has 1 aromatic heterocycles. The summed E-state index contributed by atoms with van der Waals surface area (Å²) >= 11 is 0. The molecule has 11 nitrogen and oxygen atoms in total. The lowest BCUT2D eigenvalue weighted by Gasteiger charge is -2.36. The van der Waals surface area contributed by atoms with Gasteiger partial charge in [-0.2, -0.15) is 0 Å². The molecule has 0 bridgehead atoms. The van der Waals surface area contributed by atoms with E-state index in [-0.39, 0.29) is 31.6 Å². The third-order valence-electron chi connectivity index (χ3n) is 6.74. The number of nitrogens with zero attached hydrogens (tertiary/aromatic N) is 3. The van der Waals surface area contributed by atoms with Gasteiger partial charge < -0.3 is 30.5 Å². The molecule has 2 heterocycles. The minimum Gasteiger partial charge on any atom is -0.374 e. The number of carbonyl (C=O) groups is 4. The number of ether oxygens (including phenoxy) is 1. The number of hydrogen-bond acceptors (Lipinski definition) is 7. The van der Waals surface area contributed by atoms with E-state index in [1.807, 2.05) is 63.2 Å². The average molecular weight is 565 g/mol. The van der Waals surface area contributed by atoms with E-state index in [9.17, 15) is 19.2 Å². The van der Waals surface area contributed by atoms with Crippen molar-refractivity contribution in [3.8, 4) is 0 Å². The molecule has 1 aliphatic rings. The van der Waals surface area contributed by atoms with Gasteiger partial charge in [0.25, 0.3) is 5.91 Å². The van der Waals surface area contributed by atoms with Crippen molar-refractivity contribution >= 4 is 23.6 Å². The molecular formula is C30H40N6O5. The molecule has 2 aromatic rings. The normalized spacial score (nSPS) is 16.7. The van der Waals surface area contributed by atoms with E-state index in [4.69, 9.17) is 4.74 Å². The topological polar surface area (TPSA) is 133 Å². The van der Waals surface area contributed by atoms with Gasteiger partial charge in [-0.15, -0.1) is 0 Å². The van der Waals surface area contributed by atoms with Crippen molar-refractivity contribution in [1.29, 1.82) is 0 Å². The van der Waals surface area contributed by atoms with Crippen LogP contribution in [0.4, 0.5) is 0 Å². The first-order chi connectivity index (χ1) is 19.5. The summed E-state index contributed by atoms with van der Waals surface area (Å²) in [7, 11) is 1.65. The van der Waals surface area contributed by atoms with Gasteiger partial charge in [0.15, 0.2) is 0 Å². The van der Waals surface area contributed by atoms with E-state index in [2.05, 4.69) is 20.9 Å². The zero-order chi connectivity index (χ0) is 30.0. The van der Waals surface area contributed by atoms with Gasteiger partial charge in [0.1, 0.15) is 12.1 Å². The molecule has 3 atom stereocenters. The smallest absolute Gasteiger partial charge is 0.252 e. The summed E-state index contributed by atoms with van der Waals surface area (Å²) in [4.78, 5) is 59.3. The number of nitrogens with one attached hydrogen (secondary N) is 3. The molecular weight excluding hydrogens is 524 g/mol. The lowest BCUT2D eigenvalue weighted by Crippen LogP contribution is -2.58. The highest BCUT2D eigenvalue weighted by atomic mass is 16.5. The van der Waals surface area contributed by atoms with Crippen LogP contribution in [-0.2, 0) is 37.1 Å². The molecule has 0 unspecified atom stereocenters. The zero-order valence-corrected chi connectivity index (χ0v) is 24.3. The van der Waals surface area contributed by atoms with Crippen molar-refractivity contribution in [2.24, 2.45) is 5.41 Å². The van der Waals surface area contributed by atoms with Gasteiger partial charge in [0.2, 0.25) is 17.7 Å². The number of carbonyl (C=O) groups excluding carboxylic acids is 4. The molecule has 0 fully saturated rings. The molecule has 11 heteroatoms. The molecule has 0 spiro atoms. The van der Waals surface area contributed by atoms with E-state index < -0.39 is 35.4 Å². The lowest BCUT2D eigenvalue weighted by molar-refractivity contribution is -0.146. The fourth-order valence-electron chi connectivity index (χ4n) is 4.16. The fraction of sp³-hybridized carbons (Fsp3) is 0.433. The maximum absolute atomic E-state index is 13.5. The summed E-state index contributed by atoms with van der Waals surface area (Å²) in [6.07, 6.45) is 6.39. The Bertz CT molecular complexity index is 1210. The van der Waals surface area contributed by atoms with Crippen LogP contribution in [0.1, 0.15) is 38.8 Å². The van der Waals surface area contributed by atoms with E-state index in [1.54, 1.807) is 32.6 Å². The number of likely N-dealkylation sites (N-methyl/N-ethyl adjacent to an activating group) is 1. The Labute approximate surface area is 241 Å². The molecule has 3 N–H and O–H groups in total. The number of amides is 4. The van der Waals surface area contributed by atoms with Gasteiger partial charge in [0.05, 0.1) is 32.3 Å². The highest BCUT2D eigenvalue weighted by Gasteiger charge is 2.37. The number of aromatic nitrogens is 1. The fourth-order valence-corrected chi connectivity index (χ4v) is 4.16. The monoisotopic (exact) mass is 564 g/mol. The maximum atomic E-state index is 13.5. The van der Waals surface area contributed by atoms with Gasteiger partial charge in [-0.05, 0) is 42.6 Å². The Morgan fingerprint density at radius 3 is 2.32 bits per heavy atom. The van der Waals surface area contributed by atoms with Crippen LogP contribution in [-0.4, -0.2) is 76.7 Å². The van der Waals surface area contributed by atoms with Crippen molar-refractivity contribution in [2.45, 2.75) is 59.0 Å². The Kier molecular flexibility index (Phi) is 11.1. The second-order valence-electron chi connectivity index (χ2n) is 11.0. The van der Waals surface area contributed by atoms with Crippen molar-refractivity contribution in [3.05, 3.63) is 78.4 Å². The van der Waals surface area contributed by atoms with Crippen LogP contribution >= 0.6 is 0 Å². The first-order valence-corrected chi connectivity index (χ1v) is 13.6. The largest absolute Gasteiger partial charge is 0.374 e. The molecule has 1 aromatic carbocycles. The second kappa shape index (κ2) is 14.5. The first-order valence-electron chi connectivity index (χ1n) is 13.6. The zero-order valence-electron chi connectivity index (χ0n) is 24.3. The standard InChI is InChI=1S/C30H40N6O5/c1-21(31-5)27(38)34-26(30(2,3)4)28(39)33-17-25(37)36-16-15-35(18-22-11-13-32-14-12-22)29(40)24(36)20-41-19-23-9-7-6-8-10-23/h6-16,21,24,26,31H,17-20H2,1-5H3,(H,33,39)(H,34,38)/t21-,24-,26+/m0/s1. The minimum absolute atomic E-state index is 0.0345. The lowest BCUT2D eigenvalue weighted by atomic mass is 9.86. The summed E-state index contributed by atoms with van der Waals surface area (Å²) in [5.41, 5.74) is 1.21. The van der Waals surface area contributed by atoms with Crippen molar-refractivity contribution in [3.63, 3.8) is 0 Å². The maximum Gasteiger partial charge on any atom is 0.252 e. The summed E-state index contributed by atoms with van der Waals surface area (Å²) in [6.45, 7) is 7.35. The van der Waals surface area contributed by atoms with Crippen molar-refractivity contribution in [1.82, 2.24) is 30.7 Å². The second-order valence-corrected chi connectivity index (χ2v) is 11.0. The minimum atomic E-state index is -0.926. The Hall–Kier alpha value is -4.09. The average Bonchev–Trinajstić information content (AvgIpc) is 2.96. The first kappa shape index (κ1) is 31.4. The molecule has 1 aliphatic heterocycles. The van der Waals surface area contributed by atoms with Gasteiger partial charge in [0, 0.05) is 24.8 Å². The van der Waals surface area contributed by atoms with Crippen molar-refractivity contribution in [2.75, 3.05) is 20.2 Å². The highest BCUT2D eigenvalue weighted by Crippen LogP contribution is 2.20. The number of hydrogen-bond donors (Lipinski definition) is 3. The van der Waals surface area contributed by atoms with Crippen molar-refractivity contribution < 1.29 is 23.9 Å². The van der Waals surface area contributed by atoms with Crippen LogP contribution in [0.2, 0.25) is 0 Å². The molecule has 41 heavy (non-hydrogen) atoms. The number of benzene rings is 1. The van der Waals surface area contributed by atoms with Crippen LogP contribution in [0.3, 0.4) is 0 Å². The molecule has 220 valence electrons. The van der Waals surface area contributed by atoms with Gasteiger partial charge >= 0.3 is 0 Å². The van der Waals surface area contributed by atoms with E-state index >= 15 is 0 Å². The summed E-state index contributed by atoms with van der Waals surface area (Å²) < 4.78 is 5.87. The third-order valence-corrected chi connectivity index (χ3v) is 6.74. The van der Waals surface area contributed by atoms with Gasteiger partial charge in [-0.3, -0.25) is 24.2 Å². The van der Waals surface area contributed by atoms with Crippen LogP contribution < -0.4 is 16.0 Å². The van der Waals surface area contributed by atoms with Crippen LogP contribution in [0.25, 0.3) is 0 Å². The Morgan fingerprint density at radius 1 is 1.00 bits per heavy atom. The SMILES string of the molecule is CN[C@@H](C)C(=O)N[C@H](C(=O)NCC(=O)N1C=CN(Cc2ccncc2)C(=O)[C@@H]1COCc1ccccc1)C(C)(C)C. The van der Waals surface area contributed by atoms with E-state index in [0.717, 1.165) is 11.1 Å². The summed E-state index contributed by atoms with van der Waals surface area (Å²) in [5, 5.41) is 8.25. The molecule has 0 saturated heterocycles. The molecule has 0 aliphatic carbocycles. The Balaban J connectivity index is 1.72. The summed E-state index contributed by atoms with van der Waals surface area (Å²) in [5.74, 6) is -1.62.